The molecule has 1 heterocycles. The molecule has 0 bridgehead atoms. The molecule has 2 aromatic rings. The molecule has 3 nitrogen and oxygen atoms in total. The molecular weight excluding hydrogens is 274 g/mol. The number of halogens is 1. The van der Waals surface area contributed by atoms with E-state index >= 15 is 0 Å². The van der Waals surface area contributed by atoms with Gasteiger partial charge in [-0.2, -0.15) is 0 Å². The van der Waals surface area contributed by atoms with Gasteiger partial charge in [-0.1, -0.05) is 29.8 Å². The van der Waals surface area contributed by atoms with Gasteiger partial charge in [-0.15, -0.1) is 0 Å². The van der Waals surface area contributed by atoms with Gasteiger partial charge in [0.2, 0.25) is 0 Å². The van der Waals surface area contributed by atoms with E-state index in [0.29, 0.717) is 10.8 Å². The molecule has 1 aliphatic rings. The van der Waals surface area contributed by atoms with Crippen molar-refractivity contribution in [2.45, 2.75) is 12.5 Å². The SMILES string of the molecule is COc1cc(C(N)c2ccc3c(c2)CCO3)ccc1Cl. The summed E-state index contributed by atoms with van der Waals surface area (Å²) in [6, 6.07) is 11.5. The summed E-state index contributed by atoms with van der Waals surface area (Å²) in [4.78, 5) is 0. The van der Waals surface area contributed by atoms with Crippen molar-refractivity contribution in [1.82, 2.24) is 0 Å². The molecule has 1 aliphatic heterocycles. The maximum absolute atomic E-state index is 6.34. The number of nitrogens with two attached hydrogens (primary N) is 1. The third-order valence-electron chi connectivity index (χ3n) is 3.61. The largest absolute Gasteiger partial charge is 0.495 e. The monoisotopic (exact) mass is 289 g/mol. The first-order chi connectivity index (χ1) is 9.69. The fraction of sp³-hybridized carbons (Fsp3) is 0.250. The molecule has 0 spiro atoms. The molecule has 2 aromatic carbocycles. The average molecular weight is 290 g/mol. The van der Waals surface area contributed by atoms with E-state index in [1.54, 1.807) is 7.11 Å². The molecule has 0 amide bonds. The van der Waals surface area contributed by atoms with Gasteiger partial charge in [0.15, 0.2) is 0 Å². The van der Waals surface area contributed by atoms with E-state index in [2.05, 4.69) is 6.07 Å². The van der Waals surface area contributed by atoms with Crippen molar-refractivity contribution in [2.24, 2.45) is 5.73 Å². The summed E-state index contributed by atoms with van der Waals surface area (Å²) in [5.41, 5.74) is 9.61. The van der Waals surface area contributed by atoms with Crippen LogP contribution in [0.5, 0.6) is 11.5 Å². The average Bonchev–Trinajstić information content (AvgIpc) is 2.94. The van der Waals surface area contributed by atoms with Gasteiger partial charge >= 0.3 is 0 Å². The molecule has 1 atom stereocenters. The highest BCUT2D eigenvalue weighted by atomic mass is 35.5. The first kappa shape index (κ1) is 13.3. The van der Waals surface area contributed by atoms with Gasteiger partial charge in [0.05, 0.1) is 24.8 Å². The minimum absolute atomic E-state index is 0.202. The van der Waals surface area contributed by atoms with Crippen LogP contribution in [0.2, 0.25) is 5.02 Å². The lowest BCUT2D eigenvalue weighted by atomic mass is 9.97. The summed E-state index contributed by atoms with van der Waals surface area (Å²) in [6.07, 6.45) is 0.944. The lowest BCUT2D eigenvalue weighted by Gasteiger charge is -2.15. The van der Waals surface area contributed by atoms with Crippen molar-refractivity contribution < 1.29 is 9.47 Å². The third-order valence-corrected chi connectivity index (χ3v) is 3.92. The van der Waals surface area contributed by atoms with Crippen LogP contribution in [-0.4, -0.2) is 13.7 Å². The number of hydrogen-bond donors (Lipinski definition) is 1. The van der Waals surface area contributed by atoms with E-state index < -0.39 is 0 Å². The molecule has 3 rings (SSSR count). The van der Waals surface area contributed by atoms with E-state index in [4.69, 9.17) is 26.8 Å². The van der Waals surface area contributed by atoms with Crippen molar-refractivity contribution in [2.75, 3.05) is 13.7 Å². The number of ether oxygens (including phenoxy) is 2. The van der Waals surface area contributed by atoms with Gasteiger partial charge < -0.3 is 15.2 Å². The topological polar surface area (TPSA) is 44.5 Å². The fourth-order valence-corrected chi connectivity index (χ4v) is 2.66. The Kier molecular flexibility index (Phi) is 3.55. The van der Waals surface area contributed by atoms with Gasteiger partial charge in [0.1, 0.15) is 11.5 Å². The van der Waals surface area contributed by atoms with Crippen LogP contribution >= 0.6 is 11.6 Å². The molecule has 2 N–H and O–H groups in total. The van der Waals surface area contributed by atoms with Crippen LogP contribution in [-0.2, 0) is 6.42 Å². The van der Waals surface area contributed by atoms with Crippen LogP contribution in [0.1, 0.15) is 22.7 Å². The van der Waals surface area contributed by atoms with Crippen LogP contribution in [0.15, 0.2) is 36.4 Å². The lowest BCUT2D eigenvalue weighted by Crippen LogP contribution is -2.12. The second-order valence-corrected chi connectivity index (χ2v) is 5.24. The number of benzene rings is 2. The maximum Gasteiger partial charge on any atom is 0.137 e. The number of rotatable bonds is 3. The van der Waals surface area contributed by atoms with Crippen molar-refractivity contribution >= 4 is 11.6 Å². The highest BCUT2D eigenvalue weighted by Crippen LogP contribution is 2.32. The summed E-state index contributed by atoms with van der Waals surface area (Å²) in [5, 5.41) is 0.589. The van der Waals surface area contributed by atoms with Crippen molar-refractivity contribution in [3.63, 3.8) is 0 Å². The number of hydrogen-bond acceptors (Lipinski definition) is 3. The van der Waals surface area contributed by atoms with Gasteiger partial charge in [0.25, 0.3) is 0 Å². The first-order valence-corrected chi connectivity index (χ1v) is 6.91. The molecule has 0 aromatic heterocycles. The predicted molar refractivity (Wildman–Crippen MR) is 79.7 cm³/mol. The predicted octanol–water partition coefficient (Wildman–Crippen LogP) is 3.33. The highest BCUT2D eigenvalue weighted by Gasteiger charge is 2.16. The maximum atomic E-state index is 6.34. The van der Waals surface area contributed by atoms with E-state index in [9.17, 15) is 0 Å². The van der Waals surface area contributed by atoms with E-state index in [1.807, 2.05) is 30.3 Å². The molecule has 0 saturated carbocycles. The molecule has 0 radical (unpaired) electrons. The van der Waals surface area contributed by atoms with Gasteiger partial charge in [-0.05, 0) is 34.9 Å². The standard InChI is InChI=1S/C16H16ClNO2/c1-19-15-9-12(2-4-13(15)17)16(18)11-3-5-14-10(8-11)6-7-20-14/h2-5,8-9,16H,6-7,18H2,1H3. The van der Waals surface area contributed by atoms with Crippen LogP contribution in [0, 0.1) is 0 Å². The Balaban J connectivity index is 1.94. The van der Waals surface area contributed by atoms with Crippen LogP contribution in [0.25, 0.3) is 0 Å². The zero-order valence-corrected chi connectivity index (χ0v) is 12.0. The van der Waals surface area contributed by atoms with Gasteiger partial charge in [-0.25, -0.2) is 0 Å². The van der Waals surface area contributed by atoms with Gasteiger partial charge in [-0.3, -0.25) is 0 Å². The van der Waals surface area contributed by atoms with E-state index in [0.717, 1.165) is 29.9 Å². The Bertz CT molecular complexity index is 631. The van der Waals surface area contributed by atoms with E-state index in [-0.39, 0.29) is 6.04 Å². The second-order valence-electron chi connectivity index (χ2n) is 4.84. The van der Waals surface area contributed by atoms with Crippen LogP contribution in [0.3, 0.4) is 0 Å². The molecule has 0 saturated heterocycles. The Morgan fingerprint density at radius 2 is 1.95 bits per heavy atom. The molecule has 0 aliphatic carbocycles. The molecule has 1 unspecified atom stereocenters. The van der Waals surface area contributed by atoms with Crippen molar-refractivity contribution in [3.8, 4) is 11.5 Å². The second kappa shape index (κ2) is 5.35. The summed E-state index contributed by atoms with van der Waals surface area (Å²) < 4.78 is 10.8. The Morgan fingerprint density at radius 3 is 2.75 bits per heavy atom. The fourth-order valence-electron chi connectivity index (χ4n) is 2.46. The first-order valence-electron chi connectivity index (χ1n) is 6.53. The van der Waals surface area contributed by atoms with Crippen LogP contribution < -0.4 is 15.2 Å². The molecular formula is C16H16ClNO2. The number of fused-ring (bicyclic) bond motifs is 1. The summed E-state index contributed by atoms with van der Waals surface area (Å²) >= 11 is 6.04. The Morgan fingerprint density at radius 1 is 1.20 bits per heavy atom. The zero-order chi connectivity index (χ0) is 14.1. The van der Waals surface area contributed by atoms with E-state index in [1.165, 1.54) is 5.56 Å². The van der Waals surface area contributed by atoms with Crippen LogP contribution in [0.4, 0.5) is 0 Å². The van der Waals surface area contributed by atoms with Gasteiger partial charge in [0, 0.05) is 6.42 Å². The van der Waals surface area contributed by atoms with Crippen molar-refractivity contribution in [1.29, 1.82) is 0 Å². The lowest BCUT2D eigenvalue weighted by molar-refractivity contribution is 0.357. The summed E-state index contributed by atoms with van der Waals surface area (Å²) in [5.74, 6) is 1.61. The molecule has 0 fully saturated rings. The normalized spacial score (nSPS) is 14.6. The smallest absolute Gasteiger partial charge is 0.137 e. The minimum Gasteiger partial charge on any atom is -0.495 e. The molecule has 20 heavy (non-hydrogen) atoms. The summed E-state index contributed by atoms with van der Waals surface area (Å²) in [6.45, 7) is 0.753. The summed E-state index contributed by atoms with van der Waals surface area (Å²) in [7, 11) is 1.60. The Labute approximate surface area is 123 Å². The molecule has 4 heteroatoms. The Hall–Kier alpha value is -1.71. The molecule has 104 valence electrons. The highest BCUT2D eigenvalue weighted by molar-refractivity contribution is 6.32. The third kappa shape index (κ3) is 2.35. The van der Waals surface area contributed by atoms with Crippen molar-refractivity contribution in [3.05, 3.63) is 58.1 Å². The quantitative estimate of drug-likeness (QED) is 0.942. The zero-order valence-electron chi connectivity index (χ0n) is 11.2. The minimum atomic E-state index is -0.202. The number of methoxy groups -OCH3 is 1.